The lowest BCUT2D eigenvalue weighted by Crippen LogP contribution is -1.86. The molecule has 0 unspecified atom stereocenters. The molecule has 0 aromatic carbocycles. The molecule has 0 spiro atoms. The van der Waals surface area contributed by atoms with Crippen molar-refractivity contribution in [2.75, 3.05) is 0 Å². The zero-order valence-electron chi connectivity index (χ0n) is 7.58. The lowest BCUT2D eigenvalue weighted by Gasteiger charge is -2.04. The molecular weight excluding hydrogens is 148 g/mol. The Hall–Kier alpha value is -1.24. The largest absolute Gasteiger partial charge is 0.469 e. The number of hydrogen-bond donors (Lipinski definition) is 0. The molecule has 1 aliphatic heterocycles. The number of hydrogen-bond acceptors (Lipinski definition) is 1. The van der Waals surface area contributed by atoms with Crippen LogP contribution in [0.15, 0.2) is 48.0 Å². The summed E-state index contributed by atoms with van der Waals surface area (Å²) in [5.74, 6) is 1.03. The summed E-state index contributed by atoms with van der Waals surface area (Å²) in [6.45, 7) is 4.10. The van der Waals surface area contributed by atoms with Crippen LogP contribution < -0.4 is 0 Å². The van der Waals surface area contributed by atoms with Crippen LogP contribution in [0.5, 0.6) is 0 Å². The number of ether oxygens (including phenoxy) is 1. The van der Waals surface area contributed by atoms with Crippen molar-refractivity contribution in [2.24, 2.45) is 0 Å². The van der Waals surface area contributed by atoms with Crippen LogP contribution in [0.25, 0.3) is 0 Å². The van der Waals surface area contributed by atoms with Crippen molar-refractivity contribution in [1.82, 2.24) is 0 Å². The lowest BCUT2D eigenvalue weighted by atomic mass is 10.1. The highest BCUT2D eigenvalue weighted by Crippen LogP contribution is 2.16. The van der Waals surface area contributed by atoms with E-state index in [-0.39, 0.29) is 0 Å². The summed E-state index contributed by atoms with van der Waals surface area (Å²) in [5, 5.41) is 0. The van der Waals surface area contributed by atoms with Crippen molar-refractivity contribution in [3.05, 3.63) is 48.0 Å². The molecule has 0 fully saturated rings. The Morgan fingerprint density at radius 3 is 2.92 bits per heavy atom. The predicted molar refractivity (Wildman–Crippen MR) is 51.5 cm³/mol. The molecule has 0 saturated heterocycles. The maximum Gasteiger partial charge on any atom is 0.110 e. The van der Waals surface area contributed by atoms with Crippen LogP contribution in [0.4, 0.5) is 0 Å². The van der Waals surface area contributed by atoms with Gasteiger partial charge >= 0.3 is 0 Å². The van der Waals surface area contributed by atoms with Crippen LogP contribution in [0, 0.1) is 0 Å². The summed E-state index contributed by atoms with van der Waals surface area (Å²) < 4.78 is 5.40. The summed E-state index contributed by atoms with van der Waals surface area (Å²) in [4.78, 5) is 0. The fourth-order valence-corrected chi connectivity index (χ4v) is 1.10. The van der Waals surface area contributed by atoms with E-state index in [9.17, 15) is 0 Å². The Labute approximate surface area is 73.7 Å². The topological polar surface area (TPSA) is 9.23 Å². The van der Waals surface area contributed by atoms with E-state index >= 15 is 0 Å². The van der Waals surface area contributed by atoms with Gasteiger partial charge in [-0.2, -0.15) is 0 Å². The molecule has 0 saturated carbocycles. The lowest BCUT2D eigenvalue weighted by molar-refractivity contribution is 0.336. The molecule has 0 radical (unpaired) electrons. The van der Waals surface area contributed by atoms with Crippen molar-refractivity contribution >= 4 is 0 Å². The van der Waals surface area contributed by atoms with Gasteiger partial charge in [-0.3, -0.25) is 0 Å². The van der Waals surface area contributed by atoms with E-state index in [0.29, 0.717) is 0 Å². The van der Waals surface area contributed by atoms with Crippen molar-refractivity contribution in [1.29, 1.82) is 0 Å². The van der Waals surface area contributed by atoms with Gasteiger partial charge in [-0.1, -0.05) is 31.2 Å². The number of rotatable bonds is 2. The summed E-state index contributed by atoms with van der Waals surface area (Å²) >= 11 is 0. The second-order valence-corrected chi connectivity index (χ2v) is 2.54. The van der Waals surface area contributed by atoms with E-state index in [1.807, 2.05) is 25.2 Å². The molecular formula is C11H14O. The molecule has 0 amide bonds. The van der Waals surface area contributed by atoms with Crippen LogP contribution in [-0.2, 0) is 4.74 Å². The average Bonchev–Trinajstić information content (AvgIpc) is 2.30. The second kappa shape index (κ2) is 4.60. The van der Waals surface area contributed by atoms with Crippen LogP contribution in [-0.4, -0.2) is 0 Å². The molecule has 1 rings (SSSR count). The zero-order valence-corrected chi connectivity index (χ0v) is 7.58. The SMILES string of the molecule is C/C=C\C1=C(CC)OC=CC=C1. The summed E-state index contributed by atoms with van der Waals surface area (Å²) in [6.07, 6.45) is 12.7. The normalized spacial score (nSPS) is 16.8. The third kappa shape index (κ3) is 2.12. The van der Waals surface area contributed by atoms with Gasteiger partial charge in [-0.15, -0.1) is 0 Å². The molecule has 0 N–H and O–H groups in total. The molecule has 1 heteroatoms. The Kier molecular flexibility index (Phi) is 3.39. The van der Waals surface area contributed by atoms with Gasteiger partial charge in [-0.25, -0.2) is 0 Å². The number of allylic oxidation sites excluding steroid dienone is 7. The van der Waals surface area contributed by atoms with Gasteiger partial charge in [0, 0.05) is 12.0 Å². The van der Waals surface area contributed by atoms with Gasteiger partial charge in [0.15, 0.2) is 0 Å². The Balaban J connectivity index is 2.93. The van der Waals surface area contributed by atoms with Gasteiger partial charge in [0.05, 0.1) is 6.26 Å². The minimum atomic E-state index is 0.925. The van der Waals surface area contributed by atoms with Gasteiger partial charge < -0.3 is 4.74 Å². The highest BCUT2D eigenvalue weighted by molar-refractivity contribution is 5.36. The first-order chi connectivity index (χ1) is 5.88. The first-order valence-corrected chi connectivity index (χ1v) is 4.24. The standard InChI is InChI=1S/C11H14O/c1-3-7-10-8-5-6-9-12-11(10)4-2/h3,5-9H,4H2,1-2H3/b7-3-. The molecule has 0 aliphatic carbocycles. The maximum atomic E-state index is 5.40. The van der Waals surface area contributed by atoms with Gasteiger partial charge in [0.25, 0.3) is 0 Å². The van der Waals surface area contributed by atoms with Gasteiger partial charge in [0.1, 0.15) is 5.76 Å². The Morgan fingerprint density at radius 2 is 2.25 bits per heavy atom. The molecule has 0 atom stereocenters. The molecule has 1 nitrogen and oxygen atoms in total. The fraction of sp³-hybridized carbons (Fsp3) is 0.273. The van der Waals surface area contributed by atoms with E-state index in [1.165, 1.54) is 0 Å². The first kappa shape index (κ1) is 8.85. The Bertz CT molecular complexity index is 254. The minimum Gasteiger partial charge on any atom is -0.469 e. The van der Waals surface area contributed by atoms with E-state index in [0.717, 1.165) is 17.8 Å². The third-order valence-corrected chi connectivity index (χ3v) is 1.67. The van der Waals surface area contributed by atoms with E-state index in [1.54, 1.807) is 6.26 Å². The Morgan fingerprint density at radius 1 is 1.42 bits per heavy atom. The van der Waals surface area contributed by atoms with Crippen molar-refractivity contribution < 1.29 is 4.74 Å². The summed E-state index contributed by atoms with van der Waals surface area (Å²) in [6, 6.07) is 0. The van der Waals surface area contributed by atoms with E-state index < -0.39 is 0 Å². The smallest absolute Gasteiger partial charge is 0.110 e. The highest BCUT2D eigenvalue weighted by Gasteiger charge is 2.00. The van der Waals surface area contributed by atoms with Crippen LogP contribution in [0.3, 0.4) is 0 Å². The van der Waals surface area contributed by atoms with Crippen LogP contribution in [0.1, 0.15) is 20.3 Å². The maximum absolute atomic E-state index is 5.40. The van der Waals surface area contributed by atoms with Crippen molar-refractivity contribution in [3.63, 3.8) is 0 Å². The van der Waals surface area contributed by atoms with E-state index in [4.69, 9.17) is 4.74 Å². The molecule has 0 bridgehead atoms. The average molecular weight is 162 g/mol. The van der Waals surface area contributed by atoms with Crippen LogP contribution in [0.2, 0.25) is 0 Å². The van der Waals surface area contributed by atoms with E-state index in [2.05, 4.69) is 19.1 Å². The minimum absolute atomic E-state index is 0.925. The quantitative estimate of drug-likeness (QED) is 0.605. The predicted octanol–water partition coefficient (Wildman–Crippen LogP) is 3.33. The monoisotopic (exact) mass is 162 g/mol. The van der Waals surface area contributed by atoms with Crippen LogP contribution >= 0.6 is 0 Å². The summed E-state index contributed by atoms with van der Waals surface area (Å²) in [5.41, 5.74) is 1.16. The molecule has 12 heavy (non-hydrogen) atoms. The van der Waals surface area contributed by atoms with Gasteiger partial charge in [-0.05, 0) is 13.0 Å². The highest BCUT2D eigenvalue weighted by atomic mass is 16.5. The molecule has 64 valence electrons. The molecule has 1 heterocycles. The molecule has 0 aromatic rings. The van der Waals surface area contributed by atoms with Gasteiger partial charge in [0.2, 0.25) is 0 Å². The van der Waals surface area contributed by atoms with Crippen molar-refractivity contribution in [2.45, 2.75) is 20.3 Å². The summed E-state index contributed by atoms with van der Waals surface area (Å²) in [7, 11) is 0. The fourth-order valence-electron chi connectivity index (χ4n) is 1.10. The zero-order chi connectivity index (χ0) is 8.81. The molecule has 0 aromatic heterocycles. The second-order valence-electron chi connectivity index (χ2n) is 2.54. The third-order valence-electron chi connectivity index (χ3n) is 1.67. The van der Waals surface area contributed by atoms with Crippen molar-refractivity contribution in [3.8, 4) is 0 Å². The first-order valence-electron chi connectivity index (χ1n) is 4.24. The molecule has 1 aliphatic rings.